The number of aromatic nitrogens is 1. The van der Waals surface area contributed by atoms with Crippen molar-refractivity contribution in [1.82, 2.24) is 9.88 Å². The van der Waals surface area contributed by atoms with Crippen molar-refractivity contribution in [2.75, 3.05) is 19.7 Å². The second kappa shape index (κ2) is 7.22. The minimum atomic E-state index is 0.157. The highest BCUT2D eigenvalue weighted by Gasteiger charge is 2.23. The molecule has 5 heteroatoms. The van der Waals surface area contributed by atoms with Crippen LogP contribution in [0.4, 0.5) is 0 Å². The predicted octanol–water partition coefficient (Wildman–Crippen LogP) is 2.63. The van der Waals surface area contributed by atoms with E-state index in [9.17, 15) is 4.79 Å². The molecule has 0 bridgehead atoms. The zero-order valence-corrected chi connectivity index (χ0v) is 14.7. The predicted molar refractivity (Wildman–Crippen MR) is 102 cm³/mol. The first-order valence-corrected chi connectivity index (χ1v) is 9.02. The van der Waals surface area contributed by atoms with E-state index in [-0.39, 0.29) is 5.91 Å². The maximum atomic E-state index is 12.7. The first-order valence-electron chi connectivity index (χ1n) is 9.02. The molecular weight excluding hydrogens is 326 g/mol. The summed E-state index contributed by atoms with van der Waals surface area (Å²) >= 11 is 0. The van der Waals surface area contributed by atoms with E-state index in [0.717, 1.165) is 35.5 Å². The first-order chi connectivity index (χ1) is 12.7. The standard InChI is InChI=1S/C21H23N3O2/c22-10-12-26-16-7-5-15(6-8-16)13-21(25)24-11-9-18-17-3-1-2-4-19(17)23-20(18)14-24/h1-8,23H,9-14,22H2. The molecule has 2 aromatic carbocycles. The van der Waals surface area contributed by atoms with E-state index in [0.29, 0.717) is 26.1 Å². The van der Waals surface area contributed by atoms with Crippen LogP contribution < -0.4 is 10.5 Å². The number of benzene rings is 2. The third-order valence-electron chi connectivity index (χ3n) is 4.90. The molecule has 0 saturated carbocycles. The molecule has 0 fully saturated rings. The number of rotatable bonds is 5. The summed E-state index contributed by atoms with van der Waals surface area (Å²) < 4.78 is 5.47. The van der Waals surface area contributed by atoms with Crippen molar-refractivity contribution in [2.45, 2.75) is 19.4 Å². The number of hydrogen-bond acceptors (Lipinski definition) is 3. The van der Waals surface area contributed by atoms with Crippen LogP contribution in [0.25, 0.3) is 10.9 Å². The first kappa shape index (κ1) is 16.7. The van der Waals surface area contributed by atoms with Crippen molar-refractivity contribution >= 4 is 16.8 Å². The monoisotopic (exact) mass is 349 g/mol. The molecule has 3 N–H and O–H groups in total. The van der Waals surface area contributed by atoms with Crippen LogP contribution in [-0.2, 0) is 24.2 Å². The van der Waals surface area contributed by atoms with Crippen LogP contribution in [0.15, 0.2) is 48.5 Å². The molecule has 26 heavy (non-hydrogen) atoms. The number of carbonyl (C=O) groups excluding carboxylic acids is 1. The summed E-state index contributed by atoms with van der Waals surface area (Å²) in [5.74, 6) is 0.942. The second-order valence-electron chi connectivity index (χ2n) is 6.65. The van der Waals surface area contributed by atoms with Crippen molar-refractivity contribution in [3.63, 3.8) is 0 Å². The third-order valence-corrected chi connectivity index (χ3v) is 4.90. The summed E-state index contributed by atoms with van der Waals surface area (Å²) in [6.07, 6.45) is 1.31. The van der Waals surface area contributed by atoms with Crippen LogP contribution in [0.2, 0.25) is 0 Å². The molecule has 5 nitrogen and oxygen atoms in total. The van der Waals surface area contributed by atoms with Gasteiger partial charge in [0.1, 0.15) is 12.4 Å². The van der Waals surface area contributed by atoms with E-state index in [1.165, 1.54) is 10.9 Å². The highest BCUT2D eigenvalue weighted by molar-refractivity contribution is 5.86. The largest absolute Gasteiger partial charge is 0.492 e. The smallest absolute Gasteiger partial charge is 0.227 e. The summed E-state index contributed by atoms with van der Waals surface area (Å²) in [4.78, 5) is 18.1. The van der Waals surface area contributed by atoms with E-state index in [4.69, 9.17) is 10.5 Å². The molecule has 0 radical (unpaired) electrons. The normalized spacial score (nSPS) is 13.7. The Hall–Kier alpha value is -2.79. The van der Waals surface area contributed by atoms with Crippen molar-refractivity contribution in [3.8, 4) is 5.75 Å². The van der Waals surface area contributed by atoms with Gasteiger partial charge in [-0.3, -0.25) is 4.79 Å². The van der Waals surface area contributed by atoms with E-state index in [1.807, 2.05) is 35.2 Å². The van der Waals surface area contributed by atoms with Gasteiger partial charge < -0.3 is 20.4 Å². The number of nitrogens with one attached hydrogen (secondary N) is 1. The molecule has 2 heterocycles. The summed E-state index contributed by atoms with van der Waals surface area (Å²) in [5, 5.41) is 1.28. The van der Waals surface area contributed by atoms with Crippen LogP contribution in [0, 0.1) is 0 Å². The average Bonchev–Trinajstić information content (AvgIpc) is 3.05. The fourth-order valence-corrected chi connectivity index (χ4v) is 3.57. The molecule has 1 aliphatic rings. The maximum Gasteiger partial charge on any atom is 0.227 e. The van der Waals surface area contributed by atoms with Gasteiger partial charge in [0.2, 0.25) is 5.91 Å². The molecule has 0 unspecified atom stereocenters. The number of carbonyl (C=O) groups is 1. The quantitative estimate of drug-likeness (QED) is 0.744. The van der Waals surface area contributed by atoms with E-state index >= 15 is 0 Å². The van der Waals surface area contributed by atoms with Crippen LogP contribution in [0.1, 0.15) is 16.8 Å². The molecule has 0 spiro atoms. The molecule has 134 valence electrons. The Labute approximate surface area is 152 Å². The van der Waals surface area contributed by atoms with Crippen LogP contribution in [-0.4, -0.2) is 35.5 Å². The summed E-state index contributed by atoms with van der Waals surface area (Å²) in [6, 6.07) is 16.0. The number of para-hydroxylation sites is 1. The van der Waals surface area contributed by atoms with Crippen molar-refractivity contribution in [3.05, 3.63) is 65.4 Å². The maximum absolute atomic E-state index is 12.7. The van der Waals surface area contributed by atoms with Gasteiger partial charge >= 0.3 is 0 Å². The molecular formula is C21H23N3O2. The van der Waals surface area contributed by atoms with Gasteiger partial charge in [0, 0.05) is 29.7 Å². The summed E-state index contributed by atoms with van der Waals surface area (Å²) in [5.41, 5.74) is 10.1. The van der Waals surface area contributed by atoms with Gasteiger partial charge in [-0.25, -0.2) is 0 Å². The molecule has 0 atom stereocenters. The van der Waals surface area contributed by atoms with Crippen LogP contribution in [0.3, 0.4) is 0 Å². The Morgan fingerprint density at radius 3 is 2.77 bits per heavy atom. The average molecular weight is 349 g/mol. The van der Waals surface area contributed by atoms with Crippen LogP contribution in [0.5, 0.6) is 5.75 Å². The number of nitrogens with zero attached hydrogens (tertiary/aromatic N) is 1. The van der Waals surface area contributed by atoms with E-state index in [1.54, 1.807) is 0 Å². The van der Waals surface area contributed by atoms with E-state index < -0.39 is 0 Å². The Kier molecular flexibility index (Phi) is 4.63. The van der Waals surface area contributed by atoms with Gasteiger partial charge in [0.05, 0.1) is 13.0 Å². The molecule has 1 aromatic heterocycles. The van der Waals surface area contributed by atoms with Crippen molar-refractivity contribution in [2.24, 2.45) is 5.73 Å². The molecule has 1 aliphatic heterocycles. The van der Waals surface area contributed by atoms with E-state index in [2.05, 4.69) is 23.2 Å². The zero-order valence-electron chi connectivity index (χ0n) is 14.7. The Balaban J connectivity index is 1.43. The van der Waals surface area contributed by atoms with Crippen molar-refractivity contribution in [1.29, 1.82) is 0 Å². The Morgan fingerprint density at radius 1 is 1.15 bits per heavy atom. The highest BCUT2D eigenvalue weighted by Crippen LogP contribution is 2.27. The summed E-state index contributed by atoms with van der Waals surface area (Å²) in [7, 11) is 0. The number of fused-ring (bicyclic) bond motifs is 3. The fourth-order valence-electron chi connectivity index (χ4n) is 3.57. The summed E-state index contributed by atoms with van der Waals surface area (Å²) in [6.45, 7) is 2.41. The van der Waals surface area contributed by atoms with Gasteiger partial charge in [-0.05, 0) is 35.7 Å². The molecule has 0 aliphatic carbocycles. The minimum Gasteiger partial charge on any atom is -0.492 e. The number of hydrogen-bond donors (Lipinski definition) is 2. The number of H-pyrrole nitrogens is 1. The molecule has 3 aromatic rings. The number of nitrogens with two attached hydrogens (primary N) is 1. The third kappa shape index (κ3) is 3.30. The number of ether oxygens (including phenoxy) is 1. The Bertz CT molecular complexity index is 915. The zero-order chi connectivity index (χ0) is 17.9. The molecule has 4 rings (SSSR count). The fraction of sp³-hybridized carbons (Fsp3) is 0.286. The second-order valence-corrected chi connectivity index (χ2v) is 6.65. The van der Waals surface area contributed by atoms with Gasteiger partial charge in [0.25, 0.3) is 0 Å². The lowest BCUT2D eigenvalue weighted by molar-refractivity contribution is -0.131. The van der Waals surface area contributed by atoms with Gasteiger partial charge in [-0.15, -0.1) is 0 Å². The lowest BCUT2D eigenvalue weighted by Gasteiger charge is -2.27. The van der Waals surface area contributed by atoms with Gasteiger partial charge in [0.15, 0.2) is 0 Å². The lowest BCUT2D eigenvalue weighted by Crippen LogP contribution is -2.36. The van der Waals surface area contributed by atoms with Gasteiger partial charge in [-0.2, -0.15) is 0 Å². The topological polar surface area (TPSA) is 71.3 Å². The number of amides is 1. The van der Waals surface area contributed by atoms with Crippen LogP contribution >= 0.6 is 0 Å². The molecule has 1 amide bonds. The molecule has 0 saturated heterocycles. The van der Waals surface area contributed by atoms with Crippen molar-refractivity contribution < 1.29 is 9.53 Å². The number of aromatic amines is 1. The lowest BCUT2D eigenvalue weighted by atomic mass is 10.0. The Morgan fingerprint density at radius 2 is 1.96 bits per heavy atom. The van der Waals surface area contributed by atoms with Gasteiger partial charge in [-0.1, -0.05) is 30.3 Å². The highest BCUT2D eigenvalue weighted by atomic mass is 16.5. The SMILES string of the molecule is NCCOc1ccc(CC(=O)N2CCc3c([nH]c4ccccc34)C2)cc1. The minimum absolute atomic E-state index is 0.157.